The first-order chi connectivity index (χ1) is 11.5. The van der Waals surface area contributed by atoms with Crippen molar-refractivity contribution >= 4 is 17.8 Å². The Balaban J connectivity index is 2.08. The summed E-state index contributed by atoms with van der Waals surface area (Å²) >= 11 is 0. The minimum absolute atomic E-state index is 0.130. The average Bonchev–Trinajstić information content (AvgIpc) is 2.61. The third-order valence-electron chi connectivity index (χ3n) is 3.63. The van der Waals surface area contributed by atoms with Crippen molar-refractivity contribution in [2.45, 2.75) is 19.9 Å². The fourth-order valence-electron chi connectivity index (χ4n) is 2.27. The smallest absolute Gasteiger partial charge is 0.344 e. The number of benzene rings is 1. The molecule has 0 unspecified atom stereocenters. The van der Waals surface area contributed by atoms with E-state index >= 15 is 0 Å². The van der Waals surface area contributed by atoms with Gasteiger partial charge in [0.05, 0.1) is 20.8 Å². The van der Waals surface area contributed by atoms with Gasteiger partial charge in [-0.15, -0.1) is 0 Å². The van der Waals surface area contributed by atoms with Crippen molar-refractivity contribution in [3.8, 4) is 11.5 Å². The van der Waals surface area contributed by atoms with E-state index in [0.717, 1.165) is 10.6 Å². The van der Waals surface area contributed by atoms with Crippen molar-refractivity contribution in [1.82, 2.24) is 9.96 Å². The molecule has 1 aliphatic rings. The summed E-state index contributed by atoms with van der Waals surface area (Å²) in [6, 6.07) is 5.24. The average molecular weight is 336 g/mol. The molecule has 0 radical (unpaired) electrons. The molecular formula is C16H20N2O6. The number of piperazine rings is 1. The van der Waals surface area contributed by atoms with E-state index in [1.807, 2.05) is 0 Å². The zero-order valence-electron chi connectivity index (χ0n) is 13.9. The summed E-state index contributed by atoms with van der Waals surface area (Å²) in [6.07, 6.45) is 0.130. The number of methoxy groups -OCH3 is 2. The Hall–Kier alpha value is -2.77. The molecular weight excluding hydrogens is 316 g/mol. The molecule has 130 valence electrons. The van der Waals surface area contributed by atoms with E-state index in [2.05, 4.69) is 0 Å². The van der Waals surface area contributed by atoms with Crippen molar-refractivity contribution in [2.75, 3.05) is 27.3 Å². The maximum Gasteiger partial charge on any atom is 0.344 e. The highest BCUT2D eigenvalue weighted by atomic mass is 16.7. The zero-order valence-corrected chi connectivity index (χ0v) is 13.9. The standard InChI is InChI=1S/C16H20N2O6/c1-4-14(19)24-18-8-7-17(15(20)16(18)21)10-11-5-6-12(22-2)9-13(11)23-3/h5-6,9H,4,7-8,10H2,1-3H3. The maximum atomic E-state index is 12.2. The topological polar surface area (TPSA) is 85.4 Å². The Morgan fingerprint density at radius 3 is 2.50 bits per heavy atom. The highest BCUT2D eigenvalue weighted by molar-refractivity contribution is 6.35. The van der Waals surface area contributed by atoms with Crippen LogP contribution in [0.3, 0.4) is 0 Å². The minimum Gasteiger partial charge on any atom is -0.497 e. The van der Waals surface area contributed by atoms with Gasteiger partial charge in [-0.3, -0.25) is 9.59 Å². The molecule has 0 bridgehead atoms. The SMILES string of the molecule is CCC(=O)ON1CCN(Cc2ccc(OC)cc2OC)C(=O)C1=O. The van der Waals surface area contributed by atoms with Crippen LogP contribution in [0.4, 0.5) is 0 Å². The molecule has 2 rings (SSSR count). The Morgan fingerprint density at radius 1 is 1.12 bits per heavy atom. The summed E-state index contributed by atoms with van der Waals surface area (Å²) in [4.78, 5) is 41.8. The van der Waals surface area contributed by atoms with E-state index < -0.39 is 17.8 Å². The molecule has 24 heavy (non-hydrogen) atoms. The molecule has 1 saturated heterocycles. The predicted octanol–water partition coefficient (Wildman–Crippen LogP) is 0.743. The number of hydroxylamine groups is 2. The van der Waals surface area contributed by atoms with Gasteiger partial charge in [-0.2, -0.15) is 5.06 Å². The molecule has 8 heteroatoms. The monoisotopic (exact) mass is 336 g/mol. The lowest BCUT2D eigenvalue weighted by Crippen LogP contribution is -2.54. The summed E-state index contributed by atoms with van der Waals surface area (Å²) < 4.78 is 10.4. The summed E-state index contributed by atoms with van der Waals surface area (Å²) in [6.45, 7) is 2.22. The molecule has 1 aromatic carbocycles. The number of rotatable bonds is 6. The van der Waals surface area contributed by atoms with Crippen LogP contribution in [0.5, 0.6) is 11.5 Å². The van der Waals surface area contributed by atoms with Gasteiger partial charge in [0.15, 0.2) is 0 Å². The van der Waals surface area contributed by atoms with Crippen LogP contribution >= 0.6 is 0 Å². The van der Waals surface area contributed by atoms with Gasteiger partial charge in [-0.1, -0.05) is 6.92 Å². The van der Waals surface area contributed by atoms with Crippen LogP contribution in [0, 0.1) is 0 Å². The molecule has 2 amide bonds. The van der Waals surface area contributed by atoms with Gasteiger partial charge in [0.2, 0.25) is 0 Å². The number of hydrogen-bond donors (Lipinski definition) is 0. The Labute approximate surface area is 139 Å². The van der Waals surface area contributed by atoms with Crippen LogP contribution in [0.25, 0.3) is 0 Å². The Kier molecular flexibility index (Phi) is 5.62. The van der Waals surface area contributed by atoms with E-state index in [1.54, 1.807) is 32.2 Å². The first-order valence-electron chi connectivity index (χ1n) is 7.52. The van der Waals surface area contributed by atoms with Gasteiger partial charge in [-0.25, -0.2) is 4.79 Å². The molecule has 1 heterocycles. The van der Waals surface area contributed by atoms with E-state index in [9.17, 15) is 14.4 Å². The van der Waals surface area contributed by atoms with Crippen LogP contribution in [0.2, 0.25) is 0 Å². The first-order valence-corrected chi connectivity index (χ1v) is 7.52. The normalized spacial score (nSPS) is 14.6. The number of carbonyl (C=O) groups excluding carboxylic acids is 3. The van der Waals surface area contributed by atoms with Gasteiger partial charge >= 0.3 is 17.8 Å². The van der Waals surface area contributed by atoms with Gasteiger partial charge in [0.1, 0.15) is 11.5 Å². The second kappa shape index (κ2) is 7.67. The van der Waals surface area contributed by atoms with E-state index in [4.69, 9.17) is 14.3 Å². The van der Waals surface area contributed by atoms with Gasteiger partial charge < -0.3 is 19.2 Å². The number of amides is 2. The summed E-state index contributed by atoms with van der Waals surface area (Å²) in [7, 11) is 3.07. The molecule has 0 N–H and O–H groups in total. The third kappa shape index (κ3) is 3.76. The lowest BCUT2D eigenvalue weighted by atomic mass is 10.1. The number of nitrogens with zero attached hydrogens (tertiary/aromatic N) is 2. The Morgan fingerprint density at radius 2 is 1.88 bits per heavy atom. The van der Waals surface area contributed by atoms with Crippen molar-refractivity contribution in [1.29, 1.82) is 0 Å². The van der Waals surface area contributed by atoms with Crippen LogP contribution in [0.15, 0.2) is 18.2 Å². The number of carbonyl (C=O) groups is 3. The minimum atomic E-state index is -0.851. The molecule has 0 aliphatic carbocycles. The quantitative estimate of drug-likeness (QED) is 0.713. The van der Waals surface area contributed by atoms with Crippen molar-refractivity contribution < 1.29 is 28.7 Å². The second-order valence-electron chi connectivity index (χ2n) is 5.13. The highest BCUT2D eigenvalue weighted by Gasteiger charge is 2.35. The molecule has 0 atom stereocenters. The molecule has 1 aliphatic heterocycles. The van der Waals surface area contributed by atoms with E-state index in [0.29, 0.717) is 11.5 Å². The fraction of sp³-hybridized carbons (Fsp3) is 0.438. The van der Waals surface area contributed by atoms with Gasteiger partial charge in [-0.05, 0) is 12.1 Å². The molecule has 1 fully saturated rings. The highest BCUT2D eigenvalue weighted by Crippen LogP contribution is 2.26. The van der Waals surface area contributed by atoms with Crippen molar-refractivity contribution in [3.05, 3.63) is 23.8 Å². The summed E-state index contributed by atoms with van der Waals surface area (Å²) in [5, 5.41) is 0.815. The van der Waals surface area contributed by atoms with Gasteiger partial charge in [0.25, 0.3) is 0 Å². The van der Waals surface area contributed by atoms with Crippen LogP contribution in [0.1, 0.15) is 18.9 Å². The van der Waals surface area contributed by atoms with E-state index in [-0.39, 0.29) is 26.1 Å². The molecule has 1 aromatic rings. The molecule has 8 nitrogen and oxygen atoms in total. The third-order valence-corrected chi connectivity index (χ3v) is 3.63. The van der Waals surface area contributed by atoms with Crippen LogP contribution in [-0.4, -0.2) is 55.1 Å². The van der Waals surface area contributed by atoms with Crippen LogP contribution < -0.4 is 9.47 Å². The van der Waals surface area contributed by atoms with Crippen molar-refractivity contribution in [3.63, 3.8) is 0 Å². The van der Waals surface area contributed by atoms with Crippen molar-refractivity contribution in [2.24, 2.45) is 0 Å². The largest absolute Gasteiger partial charge is 0.497 e. The number of ether oxygens (including phenoxy) is 2. The van der Waals surface area contributed by atoms with Gasteiger partial charge in [0, 0.05) is 31.1 Å². The predicted molar refractivity (Wildman–Crippen MR) is 83.1 cm³/mol. The number of hydrogen-bond acceptors (Lipinski definition) is 6. The second-order valence-corrected chi connectivity index (χ2v) is 5.13. The molecule has 0 saturated carbocycles. The Bertz CT molecular complexity index is 645. The molecule has 0 spiro atoms. The first kappa shape index (κ1) is 17.6. The summed E-state index contributed by atoms with van der Waals surface area (Å²) in [5.41, 5.74) is 0.749. The summed E-state index contributed by atoms with van der Waals surface area (Å²) in [5.74, 6) is -0.927. The van der Waals surface area contributed by atoms with E-state index in [1.165, 1.54) is 12.0 Å². The lowest BCUT2D eigenvalue weighted by molar-refractivity contribution is -0.205. The zero-order chi connectivity index (χ0) is 17.7. The fourth-order valence-corrected chi connectivity index (χ4v) is 2.27. The lowest BCUT2D eigenvalue weighted by Gasteiger charge is -2.32. The van der Waals surface area contributed by atoms with Crippen LogP contribution in [-0.2, 0) is 25.8 Å². The molecule has 0 aromatic heterocycles. The maximum absolute atomic E-state index is 12.2.